The van der Waals surface area contributed by atoms with Gasteiger partial charge in [-0.25, -0.2) is 0 Å². The summed E-state index contributed by atoms with van der Waals surface area (Å²) in [6.45, 7) is 15.5. The molecule has 0 amide bonds. The maximum Gasteiger partial charge on any atom is 0.0620 e. The van der Waals surface area contributed by atoms with Gasteiger partial charge in [0.1, 0.15) is 0 Å². The van der Waals surface area contributed by atoms with Crippen molar-refractivity contribution >= 4 is 124 Å². The van der Waals surface area contributed by atoms with Crippen molar-refractivity contribution < 1.29 is 0 Å². The fourth-order valence-electron chi connectivity index (χ4n) is 14.6. The molecule has 0 bridgehead atoms. The second kappa shape index (κ2) is 26.9. The molecule has 1 aliphatic carbocycles. The van der Waals surface area contributed by atoms with E-state index in [0.717, 1.165) is 75.9 Å². The van der Waals surface area contributed by atoms with E-state index in [0.29, 0.717) is 11.8 Å². The minimum absolute atomic E-state index is 0.218. The molecule has 0 N–H and O–H groups in total. The molecular weight excluding hydrogens is 1170 g/mol. The van der Waals surface area contributed by atoms with Crippen LogP contribution in [-0.4, -0.2) is 6.04 Å². The third-order valence-electron chi connectivity index (χ3n) is 20.0. The summed E-state index contributed by atoms with van der Waals surface area (Å²) in [5.41, 5.74) is 23.6. The van der Waals surface area contributed by atoms with Crippen molar-refractivity contribution in [2.75, 3.05) is 19.6 Å². The zero-order valence-electron chi connectivity index (χ0n) is 56.7. The smallest absolute Gasteiger partial charge is 0.0620 e. The van der Waals surface area contributed by atoms with E-state index < -0.39 is 0 Å². The van der Waals surface area contributed by atoms with Crippen LogP contribution in [0.2, 0.25) is 0 Å². The van der Waals surface area contributed by atoms with Gasteiger partial charge in [-0.15, -0.1) is 0 Å². The Morgan fingerprint density at radius 1 is 0.278 bits per heavy atom. The molecule has 1 aliphatic rings. The highest BCUT2D eigenvalue weighted by atomic mass is 15.2. The zero-order valence-corrected chi connectivity index (χ0v) is 56.7. The molecule has 1 saturated carbocycles. The second-order valence-electron chi connectivity index (χ2n) is 27.2. The Bertz CT molecular complexity index is 4980. The number of allylic oxidation sites excluding steroid dienone is 1. The minimum atomic E-state index is 0.218. The van der Waals surface area contributed by atoms with Gasteiger partial charge in [0, 0.05) is 78.8 Å². The number of anilines is 11. The monoisotopic (exact) mass is 1250 g/mol. The predicted molar refractivity (Wildman–Crippen MR) is 419 cm³/mol. The van der Waals surface area contributed by atoms with Crippen LogP contribution >= 0.6 is 0 Å². The summed E-state index contributed by atoms with van der Waals surface area (Å²) in [6, 6.07) is 109. The van der Waals surface area contributed by atoms with E-state index in [1.54, 1.807) is 0 Å². The molecule has 0 saturated heterocycles. The van der Waals surface area contributed by atoms with E-state index in [1.807, 2.05) is 0 Å². The van der Waals surface area contributed by atoms with Crippen molar-refractivity contribution in [1.29, 1.82) is 0 Å². The molecule has 14 aromatic carbocycles. The summed E-state index contributed by atoms with van der Waals surface area (Å²) in [5, 5.41) is 9.77. The van der Waals surface area contributed by atoms with Gasteiger partial charge in [-0.3, -0.25) is 0 Å². The van der Waals surface area contributed by atoms with Crippen LogP contribution in [0.5, 0.6) is 0 Å². The van der Waals surface area contributed by atoms with Gasteiger partial charge in [0.15, 0.2) is 0 Å². The van der Waals surface area contributed by atoms with Crippen LogP contribution in [0.4, 0.5) is 62.6 Å². The highest BCUT2D eigenvalue weighted by Crippen LogP contribution is 2.53. The van der Waals surface area contributed by atoms with Crippen molar-refractivity contribution in [1.82, 2.24) is 0 Å². The van der Waals surface area contributed by atoms with Crippen LogP contribution in [0.25, 0.3) is 61.3 Å². The highest BCUT2D eigenvalue weighted by molar-refractivity contribution is 6.26. The van der Waals surface area contributed by atoms with Gasteiger partial charge in [-0.2, -0.15) is 0 Å². The summed E-state index contributed by atoms with van der Waals surface area (Å²) in [5.74, 6) is 0.804. The average molecular weight is 1260 g/mol. The van der Waals surface area contributed by atoms with E-state index in [-0.39, 0.29) is 6.04 Å². The third-order valence-corrected chi connectivity index (χ3v) is 20.0. The van der Waals surface area contributed by atoms with E-state index in [9.17, 15) is 0 Å². The molecule has 0 radical (unpaired) electrons. The van der Waals surface area contributed by atoms with Crippen molar-refractivity contribution in [2.24, 2.45) is 11.8 Å². The molecule has 4 nitrogen and oxygen atoms in total. The Morgan fingerprint density at radius 2 is 0.546 bits per heavy atom. The summed E-state index contributed by atoms with van der Waals surface area (Å²) in [7, 11) is 0. The second-order valence-corrected chi connectivity index (χ2v) is 27.2. The Balaban J connectivity index is 0.803. The van der Waals surface area contributed by atoms with Crippen molar-refractivity contribution in [3.05, 3.63) is 347 Å². The lowest BCUT2D eigenvalue weighted by atomic mass is 9.77. The first-order valence-electron chi connectivity index (χ1n) is 34.5. The lowest BCUT2D eigenvalue weighted by molar-refractivity contribution is 0.282. The van der Waals surface area contributed by atoms with Gasteiger partial charge in [0.05, 0.1) is 11.4 Å². The first-order valence-corrected chi connectivity index (χ1v) is 34.5. The maximum absolute atomic E-state index is 2.78. The molecule has 0 aromatic heterocycles. The van der Waals surface area contributed by atoms with E-state index in [2.05, 4.69) is 384 Å². The van der Waals surface area contributed by atoms with E-state index in [1.165, 1.54) is 99.1 Å². The largest absolute Gasteiger partial charge is 0.337 e. The van der Waals surface area contributed by atoms with Gasteiger partial charge in [-0.05, 0) is 244 Å². The standard InChI is InChI=1S/C93H82N4/c1-63-16-39-78(40-17-63)94(79-41-18-64(2)19-42-79)82-51-32-70(33-52-82)28-29-71-36-55-85(56-37-71)96(84-47-24-67(5)25-48-84)92-87-59-74-12-8-10-14-76(74)61-89(87)93(90-62-77-15-11-9-13-75(77)60-88(90)92)97(86-49-26-68(6)27-50-86)91-57-38-73(58-69(91)7)31-30-72-34-53-83(54-35-72)95(80-43-20-65(3)21-44-80)81-45-22-66(4)23-46-81/h8-37,39-56,59-62,69,73,91H,38,57-58H2,1-7H3/b29-28+,31-30+. The van der Waals surface area contributed by atoms with Gasteiger partial charge in [0.25, 0.3) is 0 Å². The number of benzene rings is 14. The van der Waals surface area contributed by atoms with Crippen molar-refractivity contribution in [3.8, 4) is 0 Å². The van der Waals surface area contributed by atoms with Crippen LogP contribution in [0.15, 0.2) is 297 Å². The summed E-state index contributed by atoms with van der Waals surface area (Å²) in [6.07, 6.45) is 12.5. The number of nitrogens with zero attached hydrogens (tertiary/aromatic N) is 4. The Hall–Kier alpha value is -11.2. The first kappa shape index (κ1) is 61.9. The molecule has 0 aliphatic heterocycles. The molecule has 3 atom stereocenters. The lowest BCUT2D eigenvalue weighted by Crippen LogP contribution is -2.40. The first-order chi connectivity index (χ1) is 47.4. The van der Waals surface area contributed by atoms with Crippen LogP contribution in [0.1, 0.15) is 76.3 Å². The third kappa shape index (κ3) is 13.0. The van der Waals surface area contributed by atoms with Gasteiger partial charge >= 0.3 is 0 Å². The lowest BCUT2D eigenvalue weighted by Gasteiger charge is -2.43. The van der Waals surface area contributed by atoms with Gasteiger partial charge in [-0.1, -0.05) is 222 Å². The molecule has 3 unspecified atom stereocenters. The minimum Gasteiger partial charge on any atom is -0.337 e. The number of hydrogen-bond acceptors (Lipinski definition) is 4. The van der Waals surface area contributed by atoms with Crippen LogP contribution in [0, 0.1) is 53.4 Å². The molecule has 0 heterocycles. The van der Waals surface area contributed by atoms with E-state index in [4.69, 9.17) is 0 Å². The van der Waals surface area contributed by atoms with Crippen molar-refractivity contribution in [3.63, 3.8) is 0 Å². The molecule has 1 fully saturated rings. The zero-order chi connectivity index (χ0) is 66.1. The fourth-order valence-corrected chi connectivity index (χ4v) is 14.6. The maximum atomic E-state index is 2.78. The molecule has 4 heteroatoms. The summed E-state index contributed by atoms with van der Waals surface area (Å²) < 4.78 is 0. The van der Waals surface area contributed by atoms with Gasteiger partial charge in [0.2, 0.25) is 0 Å². The SMILES string of the molecule is Cc1ccc(N(c2ccc(C)cc2)c2ccc(/C=C/c3ccc(N(c4ccc(C)cc4)c4c5cc6ccccc6cc5c(N(c5ccc(C)cc5)C5CCC(/C=C/c6ccc(N(c7ccc(C)cc7)c7ccc(C)cc7)cc6)CC5C)c5cc6ccccc6cc45)cc3)cc2)cc1. The average Bonchev–Trinajstić information content (AvgIpc) is 0.711. The van der Waals surface area contributed by atoms with Crippen LogP contribution in [0.3, 0.4) is 0 Å². The molecular formula is C93H82N4. The highest BCUT2D eigenvalue weighted by Gasteiger charge is 2.35. The molecule has 14 aromatic rings. The van der Waals surface area contributed by atoms with Gasteiger partial charge < -0.3 is 19.6 Å². The fraction of sp³-hybridized carbons (Fsp3) is 0.140. The summed E-state index contributed by atoms with van der Waals surface area (Å²) in [4.78, 5) is 10.00. The molecule has 97 heavy (non-hydrogen) atoms. The van der Waals surface area contributed by atoms with Crippen molar-refractivity contribution in [2.45, 2.75) is 73.8 Å². The number of rotatable bonds is 16. The normalized spacial score (nSPS) is 14.9. The Morgan fingerprint density at radius 3 is 0.856 bits per heavy atom. The Labute approximate surface area is 573 Å². The summed E-state index contributed by atoms with van der Waals surface area (Å²) >= 11 is 0. The molecule has 474 valence electrons. The van der Waals surface area contributed by atoms with Crippen LogP contribution < -0.4 is 19.6 Å². The number of fused-ring (bicyclic) bond motifs is 4. The Kier molecular flexibility index (Phi) is 17.2. The molecule has 15 rings (SSSR count). The predicted octanol–water partition coefficient (Wildman–Crippen LogP) is 26.4. The quantitative estimate of drug-likeness (QED) is 0.0543. The number of hydrogen-bond donors (Lipinski definition) is 0. The van der Waals surface area contributed by atoms with Crippen LogP contribution in [-0.2, 0) is 0 Å². The topological polar surface area (TPSA) is 13.0 Å². The molecule has 0 spiro atoms. The van der Waals surface area contributed by atoms with E-state index >= 15 is 0 Å². The number of aryl methyl sites for hydroxylation is 6.